The summed E-state index contributed by atoms with van der Waals surface area (Å²) in [5.41, 5.74) is 3.09. The number of thiophene rings is 1. The molecular weight excluding hydrogens is 280 g/mol. The third-order valence-corrected chi connectivity index (χ3v) is 6.06. The van der Waals surface area contributed by atoms with Crippen LogP contribution >= 0.6 is 27.3 Å². The van der Waals surface area contributed by atoms with Gasteiger partial charge in [-0.15, -0.1) is 11.3 Å². The first-order valence-electron chi connectivity index (χ1n) is 5.83. The lowest BCUT2D eigenvalue weighted by Gasteiger charge is -2.20. The summed E-state index contributed by atoms with van der Waals surface area (Å²) in [5.74, 6) is 1.30. The average molecular weight is 295 g/mol. The van der Waals surface area contributed by atoms with Gasteiger partial charge in [0.15, 0.2) is 0 Å². The van der Waals surface area contributed by atoms with Crippen LogP contribution in [0.1, 0.15) is 40.6 Å². The molecule has 2 heteroatoms. The van der Waals surface area contributed by atoms with E-state index in [-0.39, 0.29) is 0 Å². The average Bonchev–Trinajstić information content (AvgIpc) is 2.62. The molecule has 0 saturated heterocycles. The molecule has 1 aromatic rings. The highest BCUT2D eigenvalue weighted by Crippen LogP contribution is 2.44. The zero-order valence-corrected chi connectivity index (χ0v) is 11.9. The molecule has 1 heterocycles. The van der Waals surface area contributed by atoms with Crippen molar-refractivity contribution in [3.05, 3.63) is 33.0 Å². The van der Waals surface area contributed by atoms with Crippen molar-refractivity contribution in [3.63, 3.8) is 0 Å². The Morgan fingerprint density at radius 1 is 1.25 bits per heavy atom. The van der Waals surface area contributed by atoms with E-state index in [0.717, 1.165) is 0 Å². The van der Waals surface area contributed by atoms with E-state index in [2.05, 4.69) is 54.1 Å². The third-order valence-electron chi connectivity index (χ3n) is 3.55. The summed E-state index contributed by atoms with van der Waals surface area (Å²) in [4.78, 5) is 3.55. The third kappa shape index (κ3) is 1.54. The first-order valence-corrected chi connectivity index (χ1v) is 7.56. The van der Waals surface area contributed by atoms with Crippen LogP contribution in [0.3, 0.4) is 0 Å². The summed E-state index contributed by atoms with van der Waals surface area (Å²) in [6.07, 6.45) is 10.5. The maximum atomic E-state index is 3.73. The van der Waals surface area contributed by atoms with E-state index in [1.54, 1.807) is 10.4 Å². The Morgan fingerprint density at radius 2 is 2.06 bits per heavy atom. The van der Waals surface area contributed by atoms with Gasteiger partial charge in [0.1, 0.15) is 0 Å². The lowest BCUT2D eigenvalue weighted by atomic mass is 9.88. The molecule has 2 aliphatic rings. The van der Waals surface area contributed by atoms with Crippen LogP contribution in [-0.4, -0.2) is 4.83 Å². The van der Waals surface area contributed by atoms with E-state index in [0.29, 0.717) is 16.7 Å². The van der Waals surface area contributed by atoms with E-state index in [1.165, 1.54) is 16.9 Å². The van der Waals surface area contributed by atoms with E-state index >= 15 is 0 Å². The largest absolute Gasteiger partial charge is 0.140 e. The molecular formula is C14H15BrS. The predicted molar refractivity (Wildman–Crippen MR) is 76.4 cm³/mol. The molecule has 0 bridgehead atoms. The van der Waals surface area contributed by atoms with Gasteiger partial charge in [0.05, 0.1) is 0 Å². The SMILES string of the molecule is CC1C=Cc2sc3c(c2C1)C=CC(Br)C3C. The minimum Gasteiger partial charge on any atom is -0.140 e. The van der Waals surface area contributed by atoms with Gasteiger partial charge < -0.3 is 0 Å². The Morgan fingerprint density at radius 3 is 2.88 bits per heavy atom. The van der Waals surface area contributed by atoms with E-state index in [1.807, 2.05) is 11.3 Å². The molecule has 16 heavy (non-hydrogen) atoms. The van der Waals surface area contributed by atoms with Gasteiger partial charge in [-0.25, -0.2) is 0 Å². The van der Waals surface area contributed by atoms with Gasteiger partial charge in [-0.3, -0.25) is 0 Å². The number of hydrogen-bond donors (Lipinski definition) is 0. The van der Waals surface area contributed by atoms with Crippen molar-refractivity contribution in [1.82, 2.24) is 0 Å². The summed E-state index contributed by atoms with van der Waals surface area (Å²) < 4.78 is 0. The first-order chi connectivity index (χ1) is 7.66. The Labute approximate surface area is 109 Å². The van der Waals surface area contributed by atoms with Crippen molar-refractivity contribution in [2.24, 2.45) is 5.92 Å². The Hall–Kier alpha value is -0.340. The van der Waals surface area contributed by atoms with Gasteiger partial charge in [0.25, 0.3) is 0 Å². The molecule has 0 spiro atoms. The molecule has 0 saturated carbocycles. The highest BCUT2D eigenvalue weighted by atomic mass is 79.9. The minimum atomic E-state index is 0.501. The second-order valence-corrected chi connectivity index (χ2v) is 7.00. The van der Waals surface area contributed by atoms with Gasteiger partial charge in [-0.1, -0.05) is 48.0 Å². The highest BCUT2D eigenvalue weighted by Gasteiger charge is 2.27. The zero-order chi connectivity index (χ0) is 11.3. The molecule has 0 N–H and O–H groups in total. The fourth-order valence-corrected chi connectivity index (χ4v) is 4.45. The summed E-state index contributed by atoms with van der Waals surface area (Å²) in [7, 11) is 0. The number of allylic oxidation sites excluding steroid dienone is 2. The molecule has 0 aliphatic heterocycles. The molecule has 3 atom stereocenters. The lowest BCUT2D eigenvalue weighted by molar-refractivity contribution is 0.716. The van der Waals surface area contributed by atoms with Crippen LogP contribution in [0, 0.1) is 5.92 Å². The Balaban J connectivity index is 2.15. The van der Waals surface area contributed by atoms with Crippen molar-refractivity contribution in [2.75, 3.05) is 0 Å². The van der Waals surface area contributed by atoms with Gasteiger partial charge in [0.2, 0.25) is 0 Å². The van der Waals surface area contributed by atoms with Crippen molar-refractivity contribution in [3.8, 4) is 0 Å². The smallest absolute Gasteiger partial charge is 0.0402 e. The molecule has 0 amide bonds. The maximum absolute atomic E-state index is 3.73. The highest BCUT2D eigenvalue weighted by molar-refractivity contribution is 9.09. The van der Waals surface area contributed by atoms with Crippen LogP contribution in [0.2, 0.25) is 0 Å². The summed E-state index contributed by atoms with van der Waals surface area (Å²) in [5, 5.41) is 0. The van der Waals surface area contributed by atoms with E-state index < -0.39 is 0 Å². The molecule has 3 rings (SSSR count). The number of hydrogen-bond acceptors (Lipinski definition) is 1. The fourth-order valence-electron chi connectivity index (χ4n) is 2.52. The van der Waals surface area contributed by atoms with Crippen LogP contribution < -0.4 is 0 Å². The van der Waals surface area contributed by atoms with Crippen LogP contribution in [0.25, 0.3) is 12.2 Å². The van der Waals surface area contributed by atoms with Crippen molar-refractivity contribution < 1.29 is 0 Å². The molecule has 0 fully saturated rings. The maximum Gasteiger partial charge on any atom is 0.0402 e. The minimum absolute atomic E-state index is 0.501. The number of rotatable bonds is 0. The molecule has 3 unspecified atom stereocenters. The lowest BCUT2D eigenvalue weighted by Crippen LogP contribution is -2.10. The van der Waals surface area contributed by atoms with Crippen molar-refractivity contribution in [2.45, 2.75) is 31.0 Å². The van der Waals surface area contributed by atoms with Crippen LogP contribution in [0.4, 0.5) is 0 Å². The fraction of sp³-hybridized carbons (Fsp3) is 0.429. The van der Waals surface area contributed by atoms with E-state index in [9.17, 15) is 0 Å². The van der Waals surface area contributed by atoms with Crippen LogP contribution in [-0.2, 0) is 6.42 Å². The molecule has 0 radical (unpaired) electrons. The number of alkyl halides is 1. The molecule has 0 aromatic carbocycles. The number of fused-ring (bicyclic) bond motifs is 3. The van der Waals surface area contributed by atoms with Gasteiger partial charge in [-0.2, -0.15) is 0 Å². The zero-order valence-electron chi connectivity index (χ0n) is 9.53. The quantitative estimate of drug-likeness (QED) is 0.600. The van der Waals surface area contributed by atoms with Gasteiger partial charge >= 0.3 is 0 Å². The Kier molecular flexibility index (Phi) is 2.60. The van der Waals surface area contributed by atoms with E-state index in [4.69, 9.17) is 0 Å². The predicted octanol–water partition coefficient (Wildman–Crippen LogP) is 4.85. The van der Waals surface area contributed by atoms with Crippen molar-refractivity contribution in [1.29, 1.82) is 0 Å². The molecule has 1 aromatic heterocycles. The summed E-state index contributed by atoms with van der Waals surface area (Å²) in [6, 6.07) is 0. The van der Waals surface area contributed by atoms with Crippen LogP contribution in [0.5, 0.6) is 0 Å². The van der Waals surface area contributed by atoms with Gasteiger partial charge in [-0.05, 0) is 29.5 Å². The summed E-state index contributed by atoms with van der Waals surface area (Å²) >= 11 is 5.71. The van der Waals surface area contributed by atoms with Gasteiger partial charge in [0, 0.05) is 20.5 Å². The van der Waals surface area contributed by atoms with Crippen LogP contribution in [0.15, 0.2) is 12.2 Å². The molecule has 0 nitrogen and oxygen atoms in total. The topological polar surface area (TPSA) is 0 Å². The second-order valence-electron chi connectivity index (χ2n) is 4.86. The molecule has 84 valence electrons. The first kappa shape index (κ1) is 10.8. The second kappa shape index (κ2) is 3.85. The molecule has 2 aliphatic carbocycles. The standard InChI is InChI=1S/C14H15BrS/c1-8-3-6-13-11(7-8)10-4-5-12(15)9(2)14(10)16-13/h3-6,8-9,12H,7H2,1-2H3. The summed E-state index contributed by atoms with van der Waals surface area (Å²) in [6.45, 7) is 4.61. The number of halogens is 1. The normalized spacial score (nSPS) is 31.3. The van der Waals surface area contributed by atoms with Crippen molar-refractivity contribution >= 4 is 39.4 Å². The Bertz CT molecular complexity index is 481. The monoisotopic (exact) mass is 294 g/mol.